The van der Waals surface area contributed by atoms with Gasteiger partial charge in [0.1, 0.15) is 11.5 Å². The summed E-state index contributed by atoms with van der Waals surface area (Å²) >= 11 is 0. The first-order valence-electron chi connectivity index (χ1n) is 6.02. The van der Waals surface area contributed by atoms with Crippen LogP contribution in [0.25, 0.3) is 0 Å². The Hall–Kier alpha value is -1.76. The van der Waals surface area contributed by atoms with Crippen molar-refractivity contribution in [2.75, 3.05) is 0 Å². The fraction of sp³-hybridized carbons (Fsp3) is 0.250. The van der Waals surface area contributed by atoms with Crippen molar-refractivity contribution in [3.63, 3.8) is 0 Å². The van der Waals surface area contributed by atoms with E-state index in [4.69, 9.17) is 4.74 Å². The topological polar surface area (TPSA) is 9.23 Å². The number of aryl methyl sites for hydroxylation is 1. The van der Waals surface area contributed by atoms with E-state index < -0.39 is 0 Å². The molecule has 1 aromatic rings. The van der Waals surface area contributed by atoms with Crippen molar-refractivity contribution in [1.29, 1.82) is 0 Å². The van der Waals surface area contributed by atoms with Crippen LogP contribution in [-0.4, -0.2) is 0 Å². The predicted molar refractivity (Wildman–Crippen MR) is 74.2 cm³/mol. The van der Waals surface area contributed by atoms with Gasteiger partial charge in [0, 0.05) is 0 Å². The van der Waals surface area contributed by atoms with Crippen molar-refractivity contribution in [3.05, 3.63) is 66.5 Å². The summed E-state index contributed by atoms with van der Waals surface area (Å²) in [7, 11) is 0. The number of hydrogen-bond acceptors (Lipinski definition) is 1. The fourth-order valence-electron chi connectivity index (χ4n) is 1.50. The zero-order chi connectivity index (χ0) is 12.5. The maximum atomic E-state index is 5.73. The number of benzene rings is 1. The van der Waals surface area contributed by atoms with Gasteiger partial charge >= 0.3 is 0 Å². The van der Waals surface area contributed by atoms with Gasteiger partial charge in [-0.2, -0.15) is 0 Å². The van der Waals surface area contributed by atoms with Crippen LogP contribution in [-0.2, 0) is 6.42 Å². The standard InChI is InChI=1S/C16H20O/c1-4-7-9-15(6-3)17-16-12-10-14(8-5-2)11-13-16/h4,6-7,9-13H,1,5,8H2,2-3H3/b9-7-,15-6+. The molecule has 0 saturated heterocycles. The Balaban J connectivity index is 2.67. The van der Waals surface area contributed by atoms with Gasteiger partial charge in [0.15, 0.2) is 0 Å². The predicted octanol–water partition coefficient (Wildman–Crippen LogP) is 4.66. The smallest absolute Gasteiger partial charge is 0.127 e. The van der Waals surface area contributed by atoms with E-state index in [0.717, 1.165) is 17.9 Å². The molecule has 0 N–H and O–H groups in total. The molecule has 0 aliphatic rings. The van der Waals surface area contributed by atoms with E-state index in [-0.39, 0.29) is 0 Å². The summed E-state index contributed by atoms with van der Waals surface area (Å²) in [5, 5.41) is 0. The van der Waals surface area contributed by atoms with Crippen LogP contribution in [0.4, 0.5) is 0 Å². The minimum absolute atomic E-state index is 0.827. The molecule has 0 aliphatic heterocycles. The highest BCUT2D eigenvalue weighted by Crippen LogP contribution is 2.16. The minimum Gasteiger partial charge on any atom is -0.458 e. The Kier molecular flexibility index (Phi) is 5.87. The highest BCUT2D eigenvalue weighted by Gasteiger charge is 1.97. The van der Waals surface area contributed by atoms with E-state index in [2.05, 4.69) is 25.6 Å². The first-order chi connectivity index (χ1) is 8.30. The highest BCUT2D eigenvalue weighted by molar-refractivity contribution is 5.30. The Labute approximate surface area is 104 Å². The molecule has 1 aromatic carbocycles. The molecular weight excluding hydrogens is 208 g/mol. The first kappa shape index (κ1) is 13.3. The van der Waals surface area contributed by atoms with Gasteiger partial charge in [0.05, 0.1) is 0 Å². The minimum atomic E-state index is 0.827. The van der Waals surface area contributed by atoms with Crippen LogP contribution >= 0.6 is 0 Å². The summed E-state index contributed by atoms with van der Waals surface area (Å²) in [5.74, 6) is 1.69. The average Bonchev–Trinajstić information content (AvgIpc) is 2.37. The number of hydrogen-bond donors (Lipinski definition) is 0. The van der Waals surface area contributed by atoms with Crippen molar-refractivity contribution >= 4 is 0 Å². The molecule has 90 valence electrons. The van der Waals surface area contributed by atoms with E-state index in [1.807, 2.05) is 37.3 Å². The second-order valence-corrected chi connectivity index (χ2v) is 3.78. The molecule has 1 nitrogen and oxygen atoms in total. The summed E-state index contributed by atoms with van der Waals surface area (Å²) < 4.78 is 5.73. The van der Waals surface area contributed by atoms with E-state index >= 15 is 0 Å². The Bertz CT molecular complexity index is 396. The summed E-state index contributed by atoms with van der Waals surface area (Å²) in [5.41, 5.74) is 1.35. The van der Waals surface area contributed by atoms with Crippen LogP contribution in [0.5, 0.6) is 5.75 Å². The Morgan fingerprint density at radius 2 is 2.00 bits per heavy atom. The van der Waals surface area contributed by atoms with Gasteiger partial charge in [-0.25, -0.2) is 0 Å². The summed E-state index contributed by atoms with van der Waals surface area (Å²) in [4.78, 5) is 0. The summed E-state index contributed by atoms with van der Waals surface area (Å²) in [6, 6.07) is 8.25. The molecule has 0 unspecified atom stereocenters. The molecule has 17 heavy (non-hydrogen) atoms. The van der Waals surface area contributed by atoms with Gasteiger partial charge in [-0.15, -0.1) is 0 Å². The molecule has 0 fully saturated rings. The van der Waals surface area contributed by atoms with Crippen molar-refractivity contribution in [2.45, 2.75) is 26.7 Å². The average molecular weight is 228 g/mol. The van der Waals surface area contributed by atoms with E-state index in [0.29, 0.717) is 0 Å². The SMILES string of the molecule is C=C/C=C\C(=C/C)Oc1ccc(CCC)cc1. The maximum Gasteiger partial charge on any atom is 0.127 e. The Morgan fingerprint density at radius 3 is 2.53 bits per heavy atom. The van der Waals surface area contributed by atoms with Crippen LogP contribution < -0.4 is 4.74 Å². The third-order valence-electron chi connectivity index (χ3n) is 2.38. The van der Waals surface area contributed by atoms with Gasteiger partial charge < -0.3 is 4.74 Å². The van der Waals surface area contributed by atoms with Gasteiger partial charge in [-0.3, -0.25) is 0 Å². The van der Waals surface area contributed by atoms with Crippen LogP contribution in [0.3, 0.4) is 0 Å². The van der Waals surface area contributed by atoms with Crippen LogP contribution in [0.2, 0.25) is 0 Å². The van der Waals surface area contributed by atoms with Crippen LogP contribution in [0.15, 0.2) is 60.9 Å². The van der Waals surface area contributed by atoms with Crippen molar-refractivity contribution in [2.24, 2.45) is 0 Å². The molecule has 0 heterocycles. The lowest BCUT2D eigenvalue weighted by Gasteiger charge is -2.06. The zero-order valence-electron chi connectivity index (χ0n) is 10.6. The molecule has 0 amide bonds. The number of allylic oxidation sites excluding steroid dienone is 4. The second kappa shape index (κ2) is 7.50. The van der Waals surface area contributed by atoms with E-state index in [1.54, 1.807) is 6.08 Å². The zero-order valence-corrected chi connectivity index (χ0v) is 10.6. The van der Waals surface area contributed by atoms with Crippen LogP contribution in [0, 0.1) is 0 Å². The molecule has 0 spiro atoms. The number of ether oxygens (including phenoxy) is 1. The van der Waals surface area contributed by atoms with Crippen LogP contribution in [0.1, 0.15) is 25.8 Å². The van der Waals surface area contributed by atoms with Gasteiger partial charge in [0.25, 0.3) is 0 Å². The molecule has 1 heteroatoms. The highest BCUT2D eigenvalue weighted by atomic mass is 16.5. The molecule has 0 saturated carbocycles. The van der Waals surface area contributed by atoms with E-state index in [9.17, 15) is 0 Å². The Morgan fingerprint density at radius 1 is 1.29 bits per heavy atom. The first-order valence-corrected chi connectivity index (χ1v) is 6.02. The molecule has 0 aliphatic carbocycles. The molecule has 0 bridgehead atoms. The number of rotatable bonds is 6. The fourth-order valence-corrected chi connectivity index (χ4v) is 1.50. The molecule has 1 rings (SSSR count). The monoisotopic (exact) mass is 228 g/mol. The lowest BCUT2D eigenvalue weighted by Crippen LogP contribution is -1.92. The van der Waals surface area contributed by atoms with Gasteiger partial charge in [-0.05, 0) is 43.2 Å². The quantitative estimate of drug-likeness (QED) is 0.508. The van der Waals surface area contributed by atoms with E-state index in [1.165, 1.54) is 12.0 Å². The lowest BCUT2D eigenvalue weighted by atomic mass is 10.1. The molecule has 0 radical (unpaired) electrons. The van der Waals surface area contributed by atoms with Crippen molar-refractivity contribution in [1.82, 2.24) is 0 Å². The summed E-state index contributed by atoms with van der Waals surface area (Å²) in [6.45, 7) is 7.77. The second-order valence-electron chi connectivity index (χ2n) is 3.78. The van der Waals surface area contributed by atoms with Gasteiger partial charge in [0.2, 0.25) is 0 Å². The third-order valence-corrected chi connectivity index (χ3v) is 2.38. The van der Waals surface area contributed by atoms with Gasteiger partial charge in [-0.1, -0.05) is 44.2 Å². The maximum absolute atomic E-state index is 5.73. The summed E-state index contributed by atoms with van der Waals surface area (Å²) in [6.07, 6.45) is 9.71. The molecule has 0 atom stereocenters. The van der Waals surface area contributed by atoms with Crippen molar-refractivity contribution in [3.8, 4) is 5.75 Å². The van der Waals surface area contributed by atoms with Crippen molar-refractivity contribution < 1.29 is 4.74 Å². The third kappa shape index (κ3) is 4.73. The normalized spacial score (nSPS) is 11.8. The lowest BCUT2D eigenvalue weighted by molar-refractivity contribution is 0.443. The largest absolute Gasteiger partial charge is 0.458 e. The molecular formula is C16H20O. The molecule has 0 aromatic heterocycles.